The highest BCUT2D eigenvalue weighted by Gasteiger charge is 1.98. The second kappa shape index (κ2) is 6.68. The van der Waals surface area contributed by atoms with Gasteiger partial charge in [-0.2, -0.15) is 0 Å². The summed E-state index contributed by atoms with van der Waals surface area (Å²) in [6.45, 7) is 2.35. The Morgan fingerprint density at radius 2 is 1.82 bits per heavy atom. The molecule has 0 heterocycles. The minimum absolute atomic E-state index is 0.0676. The molecule has 0 atom stereocenters. The number of unbranched alkanes of at least 4 members (excludes halogenated alkanes) is 1. The second-order valence-electron chi connectivity index (χ2n) is 3.98. The van der Waals surface area contributed by atoms with Crippen molar-refractivity contribution in [2.24, 2.45) is 5.73 Å². The summed E-state index contributed by atoms with van der Waals surface area (Å²) in [5.41, 5.74) is 6.73. The molecule has 4 heteroatoms. The number of nitrogens with one attached hydrogen (secondary N) is 1. The molecule has 0 fully saturated rings. The number of hydrogen-bond donors (Lipinski definition) is 2. The van der Waals surface area contributed by atoms with Crippen LogP contribution in [0.25, 0.3) is 0 Å². The maximum atomic E-state index is 11.1. The summed E-state index contributed by atoms with van der Waals surface area (Å²) in [5.74, 6) is -0.186. The van der Waals surface area contributed by atoms with E-state index in [9.17, 15) is 9.59 Å². The van der Waals surface area contributed by atoms with Crippen LogP contribution in [-0.2, 0) is 4.79 Å². The van der Waals surface area contributed by atoms with E-state index >= 15 is 0 Å². The van der Waals surface area contributed by atoms with Crippen molar-refractivity contribution in [2.75, 3.05) is 11.9 Å². The third kappa shape index (κ3) is 5.15. The molecule has 0 aliphatic heterocycles. The van der Waals surface area contributed by atoms with Crippen LogP contribution in [0.1, 0.15) is 36.5 Å². The SMILES string of the molecule is CC(=O)c1ccc(NCCCCC(N)=O)cc1. The maximum Gasteiger partial charge on any atom is 0.217 e. The Balaban J connectivity index is 2.27. The summed E-state index contributed by atoms with van der Waals surface area (Å²) in [6, 6.07) is 7.36. The predicted molar refractivity (Wildman–Crippen MR) is 68.0 cm³/mol. The molecule has 0 saturated heterocycles. The lowest BCUT2D eigenvalue weighted by Gasteiger charge is -2.06. The number of anilines is 1. The number of rotatable bonds is 7. The molecule has 92 valence electrons. The van der Waals surface area contributed by atoms with Crippen molar-refractivity contribution < 1.29 is 9.59 Å². The van der Waals surface area contributed by atoms with Gasteiger partial charge in [0, 0.05) is 24.2 Å². The molecule has 1 aromatic rings. The molecule has 4 nitrogen and oxygen atoms in total. The molecular formula is C13H18N2O2. The van der Waals surface area contributed by atoms with Crippen LogP contribution in [0.15, 0.2) is 24.3 Å². The predicted octanol–water partition coefficient (Wildman–Crippen LogP) is 1.96. The fourth-order valence-corrected chi connectivity index (χ4v) is 1.48. The third-order valence-electron chi connectivity index (χ3n) is 2.47. The van der Waals surface area contributed by atoms with E-state index in [-0.39, 0.29) is 11.7 Å². The average Bonchev–Trinajstić information content (AvgIpc) is 2.29. The molecule has 1 amide bonds. The van der Waals surface area contributed by atoms with Crippen molar-refractivity contribution in [2.45, 2.75) is 26.2 Å². The molecule has 0 aromatic heterocycles. The van der Waals surface area contributed by atoms with Gasteiger partial charge < -0.3 is 11.1 Å². The zero-order chi connectivity index (χ0) is 12.7. The van der Waals surface area contributed by atoms with E-state index in [1.807, 2.05) is 12.1 Å². The highest BCUT2D eigenvalue weighted by Crippen LogP contribution is 2.10. The van der Waals surface area contributed by atoms with Gasteiger partial charge in [-0.05, 0) is 44.0 Å². The van der Waals surface area contributed by atoms with Gasteiger partial charge in [-0.15, -0.1) is 0 Å². The van der Waals surface area contributed by atoms with Gasteiger partial charge in [-0.25, -0.2) is 0 Å². The fraction of sp³-hybridized carbons (Fsp3) is 0.385. The van der Waals surface area contributed by atoms with E-state index in [0.29, 0.717) is 12.0 Å². The van der Waals surface area contributed by atoms with Crippen LogP contribution < -0.4 is 11.1 Å². The number of carbonyl (C=O) groups is 2. The number of amides is 1. The first-order valence-electron chi connectivity index (χ1n) is 5.73. The van der Waals surface area contributed by atoms with Crippen LogP contribution in [0.2, 0.25) is 0 Å². The lowest BCUT2D eigenvalue weighted by Crippen LogP contribution is -2.10. The van der Waals surface area contributed by atoms with Gasteiger partial charge in [-0.3, -0.25) is 9.59 Å². The molecule has 1 aromatic carbocycles. The highest BCUT2D eigenvalue weighted by atomic mass is 16.1. The summed E-state index contributed by atoms with van der Waals surface area (Å²) in [6.07, 6.45) is 2.14. The first-order chi connectivity index (χ1) is 8.09. The lowest BCUT2D eigenvalue weighted by atomic mass is 10.1. The van der Waals surface area contributed by atoms with E-state index in [4.69, 9.17) is 5.73 Å². The molecule has 0 spiro atoms. The molecule has 17 heavy (non-hydrogen) atoms. The van der Waals surface area contributed by atoms with Crippen molar-refractivity contribution in [3.63, 3.8) is 0 Å². The minimum atomic E-state index is -0.254. The molecule has 0 saturated carbocycles. The molecular weight excluding hydrogens is 216 g/mol. The average molecular weight is 234 g/mol. The van der Waals surface area contributed by atoms with Crippen LogP contribution in [0.4, 0.5) is 5.69 Å². The minimum Gasteiger partial charge on any atom is -0.385 e. The van der Waals surface area contributed by atoms with Gasteiger partial charge in [0.25, 0.3) is 0 Å². The lowest BCUT2D eigenvalue weighted by molar-refractivity contribution is -0.118. The Hall–Kier alpha value is -1.84. The van der Waals surface area contributed by atoms with Gasteiger partial charge in [0.15, 0.2) is 5.78 Å². The van der Waals surface area contributed by atoms with Crippen LogP contribution in [0.5, 0.6) is 0 Å². The fourth-order valence-electron chi connectivity index (χ4n) is 1.48. The van der Waals surface area contributed by atoms with E-state index < -0.39 is 0 Å². The number of nitrogens with two attached hydrogens (primary N) is 1. The van der Waals surface area contributed by atoms with Gasteiger partial charge in [0.1, 0.15) is 0 Å². The van der Waals surface area contributed by atoms with Crippen molar-refractivity contribution in [3.8, 4) is 0 Å². The number of benzene rings is 1. The monoisotopic (exact) mass is 234 g/mol. The number of hydrogen-bond acceptors (Lipinski definition) is 3. The van der Waals surface area contributed by atoms with Crippen molar-refractivity contribution >= 4 is 17.4 Å². The summed E-state index contributed by atoms with van der Waals surface area (Å²) in [4.78, 5) is 21.6. The smallest absolute Gasteiger partial charge is 0.217 e. The number of primary amides is 1. The summed E-state index contributed by atoms with van der Waals surface area (Å²) in [7, 11) is 0. The zero-order valence-electron chi connectivity index (χ0n) is 10.0. The summed E-state index contributed by atoms with van der Waals surface area (Å²) in [5, 5.41) is 3.22. The Kier molecular flexibility index (Phi) is 5.20. The second-order valence-corrected chi connectivity index (χ2v) is 3.98. The largest absolute Gasteiger partial charge is 0.385 e. The zero-order valence-corrected chi connectivity index (χ0v) is 10.0. The Morgan fingerprint density at radius 3 is 2.35 bits per heavy atom. The van der Waals surface area contributed by atoms with Gasteiger partial charge in [0.05, 0.1) is 0 Å². The van der Waals surface area contributed by atoms with Crippen LogP contribution in [0, 0.1) is 0 Å². The maximum absolute atomic E-state index is 11.1. The quantitative estimate of drug-likeness (QED) is 0.559. The summed E-state index contributed by atoms with van der Waals surface area (Å²) >= 11 is 0. The van der Waals surface area contributed by atoms with Crippen molar-refractivity contribution in [3.05, 3.63) is 29.8 Å². The number of ketones is 1. The summed E-state index contributed by atoms with van der Waals surface area (Å²) < 4.78 is 0. The van der Waals surface area contributed by atoms with E-state index in [1.165, 1.54) is 0 Å². The molecule has 0 aliphatic carbocycles. The number of Topliss-reactive ketones (excluding diaryl/α,β-unsaturated/α-hetero) is 1. The molecule has 3 N–H and O–H groups in total. The van der Waals surface area contributed by atoms with E-state index in [0.717, 1.165) is 25.1 Å². The van der Waals surface area contributed by atoms with Crippen LogP contribution >= 0.6 is 0 Å². The van der Waals surface area contributed by atoms with Gasteiger partial charge >= 0.3 is 0 Å². The first kappa shape index (κ1) is 13.2. The Bertz CT molecular complexity index is 385. The van der Waals surface area contributed by atoms with Crippen molar-refractivity contribution in [1.29, 1.82) is 0 Å². The Labute approximate surface area is 101 Å². The Morgan fingerprint density at radius 1 is 1.18 bits per heavy atom. The highest BCUT2D eigenvalue weighted by molar-refractivity contribution is 5.94. The molecule has 0 aliphatic rings. The van der Waals surface area contributed by atoms with Gasteiger partial charge in [-0.1, -0.05) is 0 Å². The number of carbonyl (C=O) groups excluding carboxylic acids is 2. The first-order valence-corrected chi connectivity index (χ1v) is 5.73. The van der Waals surface area contributed by atoms with Crippen LogP contribution in [-0.4, -0.2) is 18.2 Å². The van der Waals surface area contributed by atoms with E-state index in [1.54, 1.807) is 19.1 Å². The van der Waals surface area contributed by atoms with Crippen LogP contribution in [0.3, 0.4) is 0 Å². The third-order valence-corrected chi connectivity index (χ3v) is 2.47. The molecule has 0 bridgehead atoms. The molecule has 0 unspecified atom stereocenters. The van der Waals surface area contributed by atoms with E-state index in [2.05, 4.69) is 5.32 Å². The van der Waals surface area contributed by atoms with Gasteiger partial charge in [0.2, 0.25) is 5.91 Å². The normalized spacial score (nSPS) is 9.94. The van der Waals surface area contributed by atoms with Crippen molar-refractivity contribution in [1.82, 2.24) is 0 Å². The standard InChI is InChI=1S/C13H18N2O2/c1-10(16)11-5-7-12(8-6-11)15-9-3-2-4-13(14)17/h5-8,15H,2-4,9H2,1H3,(H2,14,17). The topological polar surface area (TPSA) is 72.2 Å². The molecule has 0 radical (unpaired) electrons. The molecule has 1 rings (SSSR count).